The Kier molecular flexibility index (Phi) is 5.20. The van der Waals surface area contributed by atoms with Gasteiger partial charge in [0.25, 0.3) is 5.69 Å². The predicted molar refractivity (Wildman–Crippen MR) is 95.7 cm³/mol. The van der Waals surface area contributed by atoms with Gasteiger partial charge in [-0.15, -0.1) is 0 Å². The molecule has 138 valence electrons. The first-order valence-corrected chi connectivity index (χ1v) is 8.61. The summed E-state index contributed by atoms with van der Waals surface area (Å²) in [5.41, 5.74) is 1.46. The van der Waals surface area contributed by atoms with Gasteiger partial charge >= 0.3 is 0 Å². The zero-order valence-corrected chi connectivity index (χ0v) is 14.9. The van der Waals surface area contributed by atoms with Crippen LogP contribution in [0.5, 0.6) is 0 Å². The maximum Gasteiger partial charge on any atom is 0.292 e. The van der Waals surface area contributed by atoms with Crippen LogP contribution in [-0.2, 0) is 11.3 Å². The van der Waals surface area contributed by atoms with Crippen molar-refractivity contribution >= 4 is 17.3 Å². The van der Waals surface area contributed by atoms with Crippen molar-refractivity contribution < 1.29 is 14.2 Å². The Morgan fingerprint density at radius 2 is 2.08 bits per heavy atom. The Hall–Kier alpha value is -2.90. The number of piperidine rings is 1. The van der Waals surface area contributed by atoms with Crippen LogP contribution >= 0.6 is 0 Å². The van der Waals surface area contributed by atoms with Crippen LogP contribution in [0.1, 0.15) is 24.3 Å². The number of nitro groups is 1. The third-order valence-electron chi connectivity index (χ3n) is 4.72. The zero-order valence-electron chi connectivity index (χ0n) is 14.9. The Bertz CT molecular complexity index is 796. The number of nitrogens with zero attached hydrogens (tertiary/aromatic N) is 4. The summed E-state index contributed by atoms with van der Waals surface area (Å²) in [5.74, 6) is 0.721. The number of aryl methyl sites for hydroxylation is 1. The van der Waals surface area contributed by atoms with Crippen LogP contribution in [0.2, 0.25) is 0 Å². The Labute approximate surface area is 151 Å². The number of rotatable bonds is 5. The molecule has 0 spiro atoms. The summed E-state index contributed by atoms with van der Waals surface area (Å²) in [7, 11) is 1.76. The molecule has 0 saturated carbocycles. The number of benzene rings is 1. The van der Waals surface area contributed by atoms with Crippen molar-refractivity contribution in [2.45, 2.75) is 26.3 Å². The number of amides is 1. The van der Waals surface area contributed by atoms with E-state index in [2.05, 4.69) is 5.16 Å². The van der Waals surface area contributed by atoms with Gasteiger partial charge in [-0.1, -0.05) is 17.3 Å². The molecule has 1 saturated heterocycles. The number of carbonyl (C=O) groups is 1. The Balaban J connectivity index is 1.59. The molecule has 0 unspecified atom stereocenters. The number of para-hydroxylation sites is 2. The molecule has 1 amide bonds. The summed E-state index contributed by atoms with van der Waals surface area (Å²) >= 11 is 0. The molecule has 2 heterocycles. The Morgan fingerprint density at radius 3 is 2.69 bits per heavy atom. The van der Waals surface area contributed by atoms with E-state index in [0.29, 0.717) is 38.2 Å². The number of anilines is 1. The molecule has 1 aliphatic heterocycles. The van der Waals surface area contributed by atoms with Crippen molar-refractivity contribution in [1.29, 1.82) is 0 Å². The second kappa shape index (κ2) is 7.55. The lowest BCUT2D eigenvalue weighted by Gasteiger charge is -2.34. The van der Waals surface area contributed by atoms with Gasteiger partial charge in [-0.05, 0) is 25.8 Å². The van der Waals surface area contributed by atoms with E-state index >= 15 is 0 Å². The molecule has 0 bridgehead atoms. The summed E-state index contributed by atoms with van der Waals surface area (Å²) in [4.78, 5) is 27.2. The molecule has 8 nitrogen and oxygen atoms in total. The quantitative estimate of drug-likeness (QED) is 0.603. The lowest BCUT2D eigenvalue weighted by molar-refractivity contribution is -0.384. The molecular weight excluding hydrogens is 336 g/mol. The van der Waals surface area contributed by atoms with E-state index in [0.717, 1.165) is 11.5 Å². The van der Waals surface area contributed by atoms with Crippen LogP contribution in [0.3, 0.4) is 0 Å². The van der Waals surface area contributed by atoms with Crippen LogP contribution in [-0.4, -0.2) is 41.0 Å². The van der Waals surface area contributed by atoms with Gasteiger partial charge in [-0.25, -0.2) is 0 Å². The molecule has 0 N–H and O–H groups in total. The summed E-state index contributed by atoms with van der Waals surface area (Å²) < 4.78 is 5.03. The normalized spacial score (nSPS) is 15.1. The number of hydrogen-bond donors (Lipinski definition) is 0. The highest BCUT2D eigenvalue weighted by atomic mass is 16.6. The third-order valence-corrected chi connectivity index (χ3v) is 4.72. The summed E-state index contributed by atoms with van der Waals surface area (Å²) in [5, 5.41) is 15.1. The van der Waals surface area contributed by atoms with Crippen molar-refractivity contribution in [3.63, 3.8) is 0 Å². The minimum Gasteiger partial charge on any atom is -0.366 e. The maximum absolute atomic E-state index is 12.7. The standard InChI is InChI=1S/C18H22N4O4/c1-13-11-15(19-26-13)12-20(2)18(23)14-7-9-21(10-8-14)16-5-3-4-6-17(16)22(24)25/h3-6,11,14H,7-10,12H2,1-2H3. The first kappa shape index (κ1) is 17.9. The fourth-order valence-electron chi connectivity index (χ4n) is 3.38. The maximum atomic E-state index is 12.7. The molecule has 1 aromatic carbocycles. The number of nitro benzene ring substituents is 1. The first-order valence-electron chi connectivity index (χ1n) is 8.61. The topological polar surface area (TPSA) is 92.7 Å². The van der Waals surface area contributed by atoms with Crippen molar-refractivity contribution in [1.82, 2.24) is 10.1 Å². The number of carbonyl (C=O) groups excluding carboxylic acids is 1. The monoisotopic (exact) mass is 358 g/mol. The van der Waals surface area contributed by atoms with E-state index in [1.54, 1.807) is 30.1 Å². The number of aromatic nitrogens is 1. The predicted octanol–water partition coefficient (Wildman–Crippen LogP) is 2.77. The third kappa shape index (κ3) is 3.84. The molecule has 0 radical (unpaired) electrons. The van der Waals surface area contributed by atoms with E-state index in [-0.39, 0.29) is 22.4 Å². The van der Waals surface area contributed by atoms with E-state index in [1.807, 2.05) is 17.9 Å². The minimum absolute atomic E-state index is 0.0767. The summed E-state index contributed by atoms with van der Waals surface area (Å²) in [6, 6.07) is 8.56. The fourth-order valence-corrected chi connectivity index (χ4v) is 3.38. The van der Waals surface area contributed by atoms with Gasteiger partial charge in [0.1, 0.15) is 17.1 Å². The smallest absolute Gasteiger partial charge is 0.292 e. The first-order chi connectivity index (χ1) is 12.5. The van der Waals surface area contributed by atoms with Crippen LogP contribution in [0.25, 0.3) is 0 Å². The number of hydrogen-bond acceptors (Lipinski definition) is 6. The molecule has 1 fully saturated rings. The molecule has 1 aromatic heterocycles. The fraction of sp³-hybridized carbons (Fsp3) is 0.444. The molecule has 0 atom stereocenters. The molecule has 1 aliphatic rings. The average molecular weight is 358 g/mol. The summed E-state index contributed by atoms with van der Waals surface area (Å²) in [6.45, 7) is 3.48. The van der Waals surface area contributed by atoms with E-state index in [1.165, 1.54) is 6.07 Å². The van der Waals surface area contributed by atoms with Crippen LogP contribution in [0.4, 0.5) is 11.4 Å². The molecule has 3 rings (SSSR count). The zero-order chi connectivity index (χ0) is 18.7. The van der Waals surface area contributed by atoms with Crippen LogP contribution < -0.4 is 4.90 Å². The molecule has 26 heavy (non-hydrogen) atoms. The van der Waals surface area contributed by atoms with Crippen molar-refractivity contribution in [2.24, 2.45) is 5.92 Å². The van der Waals surface area contributed by atoms with Gasteiger partial charge in [-0.2, -0.15) is 0 Å². The lowest BCUT2D eigenvalue weighted by atomic mass is 9.94. The highest BCUT2D eigenvalue weighted by Crippen LogP contribution is 2.31. The van der Waals surface area contributed by atoms with E-state index in [4.69, 9.17) is 4.52 Å². The van der Waals surface area contributed by atoms with Gasteiger partial charge < -0.3 is 14.3 Å². The SMILES string of the molecule is Cc1cc(CN(C)C(=O)C2CCN(c3ccccc3[N+](=O)[O-])CC2)no1. The second-order valence-corrected chi connectivity index (χ2v) is 6.63. The largest absolute Gasteiger partial charge is 0.366 e. The van der Waals surface area contributed by atoms with Crippen molar-refractivity contribution in [3.8, 4) is 0 Å². The second-order valence-electron chi connectivity index (χ2n) is 6.63. The van der Waals surface area contributed by atoms with Crippen molar-refractivity contribution in [3.05, 3.63) is 51.9 Å². The van der Waals surface area contributed by atoms with Gasteiger partial charge in [0.15, 0.2) is 0 Å². The molecular formula is C18H22N4O4. The van der Waals surface area contributed by atoms with Crippen molar-refractivity contribution in [2.75, 3.05) is 25.0 Å². The molecule has 0 aliphatic carbocycles. The highest BCUT2D eigenvalue weighted by molar-refractivity contribution is 5.79. The molecule has 2 aromatic rings. The van der Waals surface area contributed by atoms with Gasteiger partial charge in [0.2, 0.25) is 5.91 Å². The Morgan fingerprint density at radius 1 is 1.38 bits per heavy atom. The average Bonchev–Trinajstić information content (AvgIpc) is 3.06. The van der Waals surface area contributed by atoms with Gasteiger partial charge in [0, 0.05) is 38.2 Å². The lowest BCUT2D eigenvalue weighted by Crippen LogP contribution is -2.41. The van der Waals surface area contributed by atoms with Gasteiger partial charge in [0.05, 0.1) is 11.5 Å². The summed E-state index contributed by atoms with van der Waals surface area (Å²) in [6.07, 6.45) is 1.35. The highest BCUT2D eigenvalue weighted by Gasteiger charge is 2.29. The molecule has 8 heteroatoms. The minimum atomic E-state index is -0.361. The van der Waals surface area contributed by atoms with E-state index < -0.39 is 0 Å². The van der Waals surface area contributed by atoms with Gasteiger partial charge in [-0.3, -0.25) is 14.9 Å². The van der Waals surface area contributed by atoms with Crippen LogP contribution in [0, 0.1) is 23.0 Å². The van der Waals surface area contributed by atoms with Crippen LogP contribution in [0.15, 0.2) is 34.9 Å². The van der Waals surface area contributed by atoms with E-state index in [9.17, 15) is 14.9 Å².